The number of nitrogens with one attached hydrogen (secondary N) is 2. The van der Waals surface area contributed by atoms with Crippen molar-refractivity contribution in [2.24, 2.45) is 4.99 Å². The summed E-state index contributed by atoms with van der Waals surface area (Å²) in [7, 11) is 1.78. The molecular formula is C19H28N4OS. The lowest BCUT2D eigenvalue weighted by Crippen LogP contribution is -2.36. The summed E-state index contributed by atoms with van der Waals surface area (Å²) in [6.45, 7) is 10.4. The molecular weight excluding hydrogens is 332 g/mol. The van der Waals surface area contributed by atoms with Crippen LogP contribution in [-0.4, -0.2) is 24.6 Å². The van der Waals surface area contributed by atoms with Gasteiger partial charge in [0.15, 0.2) is 5.96 Å². The van der Waals surface area contributed by atoms with Gasteiger partial charge in [-0.1, -0.05) is 19.1 Å². The normalized spacial score (nSPS) is 11.5. The number of ether oxygens (including phenoxy) is 1. The third kappa shape index (κ3) is 5.74. The molecule has 5 nitrogen and oxygen atoms in total. The van der Waals surface area contributed by atoms with Crippen molar-refractivity contribution in [1.82, 2.24) is 15.6 Å². The van der Waals surface area contributed by atoms with E-state index in [9.17, 15) is 0 Å². The molecule has 1 aromatic heterocycles. The number of thiazole rings is 1. The number of hydrogen-bond acceptors (Lipinski definition) is 4. The topological polar surface area (TPSA) is 58.5 Å². The fourth-order valence-corrected chi connectivity index (χ4v) is 3.33. The Balaban J connectivity index is 1.95. The summed E-state index contributed by atoms with van der Waals surface area (Å²) in [4.78, 5) is 10.00. The Hall–Kier alpha value is -2.08. The maximum absolute atomic E-state index is 5.87. The second-order valence-corrected chi connectivity index (χ2v) is 7.27. The van der Waals surface area contributed by atoms with Crippen LogP contribution in [0.25, 0.3) is 0 Å². The number of benzene rings is 1. The van der Waals surface area contributed by atoms with E-state index in [-0.39, 0.29) is 0 Å². The van der Waals surface area contributed by atoms with Gasteiger partial charge in [-0.25, -0.2) is 4.98 Å². The predicted molar refractivity (Wildman–Crippen MR) is 106 cm³/mol. The smallest absolute Gasteiger partial charge is 0.191 e. The number of hydrogen-bond donors (Lipinski definition) is 2. The average molecular weight is 361 g/mol. The molecule has 6 heteroatoms. The minimum Gasteiger partial charge on any atom is -0.493 e. The van der Waals surface area contributed by atoms with Crippen molar-refractivity contribution < 1.29 is 4.74 Å². The highest BCUT2D eigenvalue weighted by atomic mass is 32.1. The van der Waals surface area contributed by atoms with Crippen molar-refractivity contribution in [3.05, 3.63) is 44.9 Å². The van der Waals surface area contributed by atoms with Crippen molar-refractivity contribution in [1.29, 1.82) is 0 Å². The van der Waals surface area contributed by atoms with Gasteiger partial charge in [0.1, 0.15) is 5.75 Å². The quantitative estimate of drug-likeness (QED) is 0.584. The van der Waals surface area contributed by atoms with Crippen LogP contribution >= 0.6 is 11.3 Å². The number of aryl methyl sites for hydroxylation is 3. The fourth-order valence-electron chi connectivity index (χ4n) is 2.46. The summed E-state index contributed by atoms with van der Waals surface area (Å²) < 4.78 is 5.87. The van der Waals surface area contributed by atoms with Crippen molar-refractivity contribution in [3.8, 4) is 5.75 Å². The molecule has 2 aromatic rings. The summed E-state index contributed by atoms with van der Waals surface area (Å²) in [6, 6.07) is 6.30. The molecule has 0 aliphatic rings. The van der Waals surface area contributed by atoms with Crippen LogP contribution in [-0.2, 0) is 13.1 Å². The third-order valence-electron chi connectivity index (χ3n) is 3.77. The maximum Gasteiger partial charge on any atom is 0.191 e. The molecule has 0 bridgehead atoms. The van der Waals surface area contributed by atoms with Crippen LogP contribution in [0.15, 0.2) is 23.2 Å². The lowest BCUT2D eigenvalue weighted by molar-refractivity contribution is 0.313. The van der Waals surface area contributed by atoms with E-state index in [2.05, 4.69) is 52.7 Å². The van der Waals surface area contributed by atoms with Gasteiger partial charge in [-0.2, -0.15) is 0 Å². The van der Waals surface area contributed by atoms with Crippen molar-refractivity contribution >= 4 is 17.3 Å². The van der Waals surface area contributed by atoms with E-state index in [1.54, 1.807) is 18.4 Å². The molecule has 0 amide bonds. The zero-order valence-electron chi connectivity index (χ0n) is 15.8. The molecule has 136 valence electrons. The molecule has 0 saturated carbocycles. The SMILES string of the molecule is CCCOc1cc(C)ccc1CNC(=NC)NCc1sc(C)nc1C. The van der Waals surface area contributed by atoms with Gasteiger partial charge >= 0.3 is 0 Å². The summed E-state index contributed by atoms with van der Waals surface area (Å²) in [5, 5.41) is 7.81. The van der Waals surface area contributed by atoms with Gasteiger partial charge in [-0.3, -0.25) is 4.99 Å². The van der Waals surface area contributed by atoms with Crippen LogP contribution in [0.1, 0.15) is 40.1 Å². The summed E-state index contributed by atoms with van der Waals surface area (Å²) >= 11 is 1.72. The Kier molecular flexibility index (Phi) is 7.25. The lowest BCUT2D eigenvalue weighted by atomic mass is 10.1. The molecule has 0 aliphatic carbocycles. The summed E-state index contributed by atoms with van der Waals surface area (Å²) in [5.74, 6) is 1.71. The van der Waals surface area contributed by atoms with E-state index in [1.165, 1.54) is 10.4 Å². The Bertz CT molecular complexity index is 724. The first-order valence-corrected chi connectivity index (χ1v) is 9.44. The zero-order chi connectivity index (χ0) is 18.2. The zero-order valence-corrected chi connectivity index (χ0v) is 16.6. The van der Waals surface area contributed by atoms with E-state index in [0.717, 1.165) is 47.5 Å². The van der Waals surface area contributed by atoms with Gasteiger partial charge in [0, 0.05) is 24.0 Å². The highest BCUT2D eigenvalue weighted by molar-refractivity contribution is 7.11. The first-order valence-electron chi connectivity index (χ1n) is 8.63. The summed E-state index contributed by atoms with van der Waals surface area (Å²) in [6.07, 6.45) is 0.998. The standard InChI is InChI=1S/C19H28N4OS/c1-6-9-24-17-10-13(2)7-8-16(17)11-21-19(20-5)22-12-18-14(3)23-15(4)25-18/h7-8,10H,6,9,11-12H2,1-5H3,(H2,20,21,22). The predicted octanol–water partition coefficient (Wildman–Crippen LogP) is 3.72. The minimum atomic E-state index is 0.666. The summed E-state index contributed by atoms with van der Waals surface area (Å²) in [5.41, 5.74) is 3.42. The largest absolute Gasteiger partial charge is 0.493 e. The molecule has 0 spiro atoms. The van der Waals surface area contributed by atoms with Crippen LogP contribution in [0.4, 0.5) is 0 Å². The van der Waals surface area contributed by atoms with E-state index < -0.39 is 0 Å². The maximum atomic E-state index is 5.87. The second-order valence-electron chi connectivity index (χ2n) is 5.98. The van der Waals surface area contributed by atoms with Gasteiger partial charge in [0.25, 0.3) is 0 Å². The van der Waals surface area contributed by atoms with E-state index >= 15 is 0 Å². The third-order valence-corrected chi connectivity index (χ3v) is 4.84. The molecule has 0 aliphatic heterocycles. The Morgan fingerprint density at radius 3 is 2.60 bits per heavy atom. The van der Waals surface area contributed by atoms with Gasteiger partial charge in [0.05, 0.1) is 23.9 Å². The first kappa shape index (κ1) is 19.2. The van der Waals surface area contributed by atoms with Gasteiger partial charge in [0.2, 0.25) is 0 Å². The number of guanidine groups is 1. The Labute approximate surface area is 154 Å². The highest BCUT2D eigenvalue weighted by Gasteiger charge is 2.08. The van der Waals surface area contributed by atoms with Crippen LogP contribution in [0.2, 0.25) is 0 Å². The van der Waals surface area contributed by atoms with E-state index in [1.807, 2.05) is 13.8 Å². The minimum absolute atomic E-state index is 0.666. The molecule has 1 aromatic carbocycles. The van der Waals surface area contributed by atoms with E-state index in [4.69, 9.17) is 4.74 Å². The van der Waals surface area contributed by atoms with Crippen molar-refractivity contribution in [3.63, 3.8) is 0 Å². The molecule has 2 rings (SSSR count). The van der Waals surface area contributed by atoms with Crippen molar-refractivity contribution in [2.75, 3.05) is 13.7 Å². The van der Waals surface area contributed by atoms with Crippen molar-refractivity contribution in [2.45, 2.75) is 47.2 Å². The Morgan fingerprint density at radius 2 is 1.96 bits per heavy atom. The van der Waals surface area contributed by atoms with Crippen LogP contribution in [0, 0.1) is 20.8 Å². The lowest BCUT2D eigenvalue weighted by Gasteiger charge is -2.15. The average Bonchev–Trinajstić information content (AvgIpc) is 2.91. The van der Waals surface area contributed by atoms with Gasteiger partial charge < -0.3 is 15.4 Å². The van der Waals surface area contributed by atoms with Gasteiger partial charge in [-0.15, -0.1) is 11.3 Å². The molecule has 0 atom stereocenters. The molecule has 2 N–H and O–H groups in total. The van der Waals surface area contributed by atoms with Crippen LogP contribution in [0.5, 0.6) is 5.75 Å². The molecule has 1 heterocycles. The van der Waals surface area contributed by atoms with Crippen LogP contribution in [0.3, 0.4) is 0 Å². The van der Waals surface area contributed by atoms with Crippen LogP contribution < -0.4 is 15.4 Å². The molecule has 25 heavy (non-hydrogen) atoms. The molecule has 0 unspecified atom stereocenters. The van der Waals surface area contributed by atoms with Gasteiger partial charge in [-0.05, 0) is 38.8 Å². The number of rotatable bonds is 7. The Morgan fingerprint density at radius 1 is 1.20 bits per heavy atom. The molecule has 0 radical (unpaired) electrons. The number of nitrogens with zero attached hydrogens (tertiary/aromatic N) is 2. The molecule has 0 saturated heterocycles. The number of aromatic nitrogens is 1. The van der Waals surface area contributed by atoms with E-state index in [0.29, 0.717) is 6.54 Å². The second kappa shape index (κ2) is 9.42. The monoisotopic (exact) mass is 360 g/mol. The number of aliphatic imine (C=N–C) groups is 1. The molecule has 0 fully saturated rings. The highest BCUT2D eigenvalue weighted by Crippen LogP contribution is 2.20. The first-order chi connectivity index (χ1) is 12.0. The fraction of sp³-hybridized carbons (Fsp3) is 0.474.